The number of carboxylic acids is 1. The number of carbonyl (C=O) groups excluding carboxylic acids is 2. The van der Waals surface area contributed by atoms with Crippen molar-refractivity contribution in [3.8, 4) is 23.0 Å². The summed E-state index contributed by atoms with van der Waals surface area (Å²) >= 11 is 0. The molecule has 76 heavy (non-hydrogen) atoms. The molecule has 14 nitrogen and oxygen atoms in total. The van der Waals surface area contributed by atoms with Gasteiger partial charge >= 0.3 is 18.6 Å². The summed E-state index contributed by atoms with van der Waals surface area (Å²) < 4.78 is 112. The van der Waals surface area contributed by atoms with Crippen molar-refractivity contribution in [3.63, 3.8) is 0 Å². The summed E-state index contributed by atoms with van der Waals surface area (Å²) in [6, 6.07) is 18.0. The Balaban J connectivity index is 0.000000183. The molecular weight excluding hydrogens is 1010 g/mol. The number of aliphatic hydroxyl groups is 3. The molecule has 11 rings (SSSR count). The largest absolute Gasteiger partial charge is 0.586 e. The number of carboxylic acid groups (broad SMARTS) is 1. The molecule has 406 valence electrons. The summed E-state index contributed by atoms with van der Waals surface area (Å²) in [7, 11) is 0. The van der Waals surface area contributed by atoms with Crippen LogP contribution in [0.2, 0.25) is 0 Å². The summed E-state index contributed by atoms with van der Waals surface area (Å²) in [6.45, 7) is 8.56. The van der Waals surface area contributed by atoms with Crippen molar-refractivity contribution >= 4 is 39.3 Å². The van der Waals surface area contributed by atoms with Crippen molar-refractivity contribution in [3.05, 3.63) is 118 Å². The second kappa shape index (κ2) is 18.8. The van der Waals surface area contributed by atoms with Gasteiger partial charge in [0.05, 0.1) is 66.5 Å². The summed E-state index contributed by atoms with van der Waals surface area (Å²) in [5.74, 6) is -3.24. The smallest absolute Gasteiger partial charge is 0.481 e. The predicted octanol–water partition coefficient (Wildman–Crippen LogP) is 9.30. The number of hydrogen-bond donors (Lipinski definition) is 4. The summed E-state index contributed by atoms with van der Waals surface area (Å²) in [5.41, 5.74) is 0.134. The first-order chi connectivity index (χ1) is 35.2. The van der Waals surface area contributed by atoms with Crippen LogP contribution in [0.3, 0.4) is 0 Å². The van der Waals surface area contributed by atoms with Crippen LogP contribution in [0.5, 0.6) is 23.0 Å². The maximum absolute atomic E-state index is 15.4. The van der Waals surface area contributed by atoms with Crippen LogP contribution >= 0.6 is 0 Å². The number of halogens is 6. The van der Waals surface area contributed by atoms with E-state index in [-0.39, 0.29) is 90.6 Å². The molecule has 5 heterocycles. The lowest BCUT2D eigenvalue weighted by molar-refractivity contribution is -0.287. The lowest BCUT2D eigenvalue weighted by Crippen LogP contribution is -2.35. The Bertz CT molecular complexity index is 3320. The zero-order valence-corrected chi connectivity index (χ0v) is 41.4. The van der Waals surface area contributed by atoms with E-state index in [1.807, 2.05) is 17.6 Å². The Kier molecular flexibility index (Phi) is 13.4. The fourth-order valence-electron chi connectivity index (χ4n) is 10.7. The van der Waals surface area contributed by atoms with E-state index in [1.165, 1.54) is 66.9 Å². The number of rotatable bonds is 14. The molecule has 20 heteroatoms. The molecule has 2 aliphatic carbocycles. The minimum absolute atomic E-state index is 0. The summed E-state index contributed by atoms with van der Waals surface area (Å²) in [6.07, 6.45) is -7.62. The number of carbonyl (C=O) groups is 3. The van der Waals surface area contributed by atoms with Crippen LogP contribution in [-0.4, -0.2) is 91.2 Å². The standard InChI is InChI=1S/C28H28F3NO5.C27H26F3NO7.CH4/c1-15-26(2,3)24-9-17-8-16(20(29)12-21(17)32(24)13-19(14-33)35-15)10-25(34)27(6-7-27)18-4-5-22-23(11-18)37-28(30,31)36-22;1-25(2,24(35)36)22-8-15-7-14(18(28)11-19(15)31(22)12-17(33)13-32)9-23(34)26(5-6-26)16-3-4-20-21(10-16)38-27(29,30)37-20;/h4-5,8-9,11-12,15,19,33H,6-7,10,13-14H2,1-3H3;3-4,7-8,10-11,17,32-33H,5-6,9,12-13H2,1-2H3,(H,35,36);1H4/t15?,19-;17-;/m11./s1. The van der Waals surface area contributed by atoms with Gasteiger partial charge in [-0.2, -0.15) is 0 Å². The normalized spacial score (nSPS) is 20.9. The first kappa shape index (κ1) is 54.2. The molecule has 0 radical (unpaired) electrons. The van der Waals surface area contributed by atoms with Crippen LogP contribution in [0.1, 0.15) is 101 Å². The number of aromatic nitrogens is 2. The number of aliphatic carboxylic acids is 1. The van der Waals surface area contributed by atoms with Crippen LogP contribution in [0.4, 0.5) is 26.3 Å². The molecule has 0 amide bonds. The highest BCUT2D eigenvalue weighted by Crippen LogP contribution is 2.54. The molecule has 5 aliphatic rings. The number of alkyl halides is 4. The van der Waals surface area contributed by atoms with Crippen LogP contribution in [0.25, 0.3) is 21.8 Å². The molecule has 6 aromatic rings. The predicted molar refractivity (Wildman–Crippen MR) is 263 cm³/mol. The Labute approximate surface area is 432 Å². The molecule has 2 saturated carbocycles. The molecule has 0 bridgehead atoms. The van der Waals surface area contributed by atoms with Crippen molar-refractivity contribution in [1.29, 1.82) is 0 Å². The maximum Gasteiger partial charge on any atom is 0.586 e. The Morgan fingerprint density at radius 3 is 1.64 bits per heavy atom. The number of fused-ring (bicyclic) bond motifs is 6. The third-order valence-electron chi connectivity index (χ3n) is 15.8. The van der Waals surface area contributed by atoms with E-state index in [1.54, 1.807) is 18.2 Å². The van der Waals surface area contributed by atoms with Gasteiger partial charge in [0.1, 0.15) is 28.6 Å². The first-order valence-corrected chi connectivity index (χ1v) is 24.5. The van der Waals surface area contributed by atoms with Gasteiger partial charge in [-0.25, -0.2) is 8.78 Å². The molecule has 4 N–H and O–H groups in total. The van der Waals surface area contributed by atoms with Gasteiger partial charge in [-0.05, 0) is 129 Å². The molecule has 2 fully saturated rings. The Morgan fingerprint density at radius 2 is 1.18 bits per heavy atom. The zero-order valence-electron chi connectivity index (χ0n) is 41.4. The van der Waals surface area contributed by atoms with E-state index in [9.17, 15) is 52.4 Å². The number of nitrogens with zero attached hydrogens (tertiary/aromatic N) is 2. The van der Waals surface area contributed by atoms with Crippen molar-refractivity contribution in [2.45, 2.75) is 146 Å². The van der Waals surface area contributed by atoms with Gasteiger partial charge < -0.3 is 53.2 Å². The maximum atomic E-state index is 15.4. The van der Waals surface area contributed by atoms with E-state index in [2.05, 4.69) is 32.8 Å². The lowest BCUT2D eigenvalue weighted by atomic mass is 9.83. The molecule has 2 aromatic heterocycles. The highest BCUT2D eigenvalue weighted by atomic mass is 19.3. The van der Waals surface area contributed by atoms with Gasteiger partial charge in [0.15, 0.2) is 23.0 Å². The van der Waals surface area contributed by atoms with Crippen LogP contribution < -0.4 is 18.9 Å². The number of benzene rings is 4. The van der Waals surface area contributed by atoms with E-state index in [0.29, 0.717) is 65.5 Å². The number of Topliss-reactive ketones (excluding diaryl/α,β-unsaturated/α-hetero) is 2. The Morgan fingerprint density at radius 1 is 0.711 bits per heavy atom. The van der Waals surface area contributed by atoms with Gasteiger partial charge in [0, 0.05) is 40.4 Å². The average Bonchev–Trinajstić information content (AvgIpc) is 4.23. The molecule has 0 spiro atoms. The van der Waals surface area contributed by atoms with Crippen molar-refractivity contribution in [2.24, 2.45) is 0 Å². The minimum Gasteiger partial charge on any atom is -0.481 e. The van der Waals surface area contributed by atoms with Gasteiger partial charge in [-0.15, -0.1) is 17.6 Å². The molecule has 4 aromatic carbocycles. The molecule has 3 aliphatic heterocycles. The summed E-state index contributed by atoms with van der Waals surface area (Å²) in [5, 5.41) is 40.2. The van der Waals surface area contributed by atoms with E-state index in [0.717, 1.165) is 11.1 Å². The zero-order chi connectivity index (χ0) is 53.9. The quantitative estimate of drug-likeness (QED) is 0.0759. The van der Waals surface area contributed by atoms with E-state index >= 15 is 8.78 Å². The van der Waals surface area contributed by atoms with E-state index < -0.39 is 65.3 Å². The highest BCUT2D eigenvalue weighted by molar-refractivity contribution is 5.97. The van der Waals surface area contributed by atoms with Crippen molar-refractivity contribution in [2.75, 3.05) is 13.2 Å². The summed E-state index contributed by atoms with van der Waals surface area (Å²) in [4.78, 5) is 38.8. The molecule has 1 unspecified atom stereocenters. The lowest BCUT2D eigenvalue weighted by Gasteiger charge is -2.30. The topological polar surface area (TPSA) is 188 Å². The number of aliphatic hydroxyl groups excluding tert-OH is 3. The molecule has 3 atom stereocenters. The van der Waals surface area contributed by atoms with Crippen LogP contribution in [0.15, 0.2) is 72.8 Å². The first-order valence-electron chi connectivity index (χ1n) is 24.5. The Hall–Kier alpha value is -6.61. The van der Waals surface area contributed by atoms with Gasteiger partial charge in [0.25, 0.3) is 0 Å². The fraction of sp³-hybridized carbons (Fsp3) is 0.446. The second-order valence-electron chi connectivity index (χ2n) is 21.4. The van der Waals surface area contributed by atoms with Gasteiger partial charge in [-0.3, -0.25) is 14.4 Å². The monoisotopic (exact) mass is 1060 g/mol. The van der Waals surface area contributed by atoms with E-state index in [4.69, 9.17) is 4.74 Å². The minimum atomic E-state index is -3.78. The average molecular weight is 1070 g/mol. The molecule has 0 saturated heterocycles. The highest BCUT2D eigenvalue weighted by Gasteiger charge is 2.54. The van der Waals surface area contributed by atoms with Crippen molar-refractivity contribution in [1.82, 2.24) is 9.13 Å². The SMILES string of the molecule is C.CC(C)(C(=O)O)c1cc2cc(CC(=O)C3(c4ccc5c(c4)OC(F)(F)O5)CC3)c(F)cc2n1C[C@@H](O)CO.CC1O[C@@H](CO)Cn2c(cc3cc(CC(=O)C4(c5ccc6c(c5)OC(F)(F)O6)CC4)c(F)cc32)C1(C)C. The van der Waals surface area contributed by atoms with Crippen molar-refractivity contribution < 1.29 is 84.8 Å². The second-order valence-corrected chi connectivity index (χ2v) is 21.4. The fourth-order valence-corrected chi connectivity index (χ4v) is 10.7. The third-order valence-corrected chi connectivity index (χ3v) is 15.8. The van der Waals surface area contributed by atoms with Gasteiger partial charge in [0.2, 0.25) is 0 Å². The van der Waals surface area contributed by atoms with Crippen LogP contribution in [-0.2, 0) is 66.7 Å². The number of ketones is 2. The molecular formula is C56H58F6N2O12. The number of ether oxygens (including phenoxy) is 5. The number of hydrogen-bond acceptors (Lipinski definition) is 11. The van der Waals surface area contributed by atoms with Crippen LogP contribution in [0, 0.1) is 11.6 Å². The van der Waals surface area contributed by atoms with Gasteiger partial charge in [-0.1, -0.05) is 33.4 Å². The third kappa shape index (κ3) is 9.44.